The van der Waals surface area contributed by atoms with E-state index in [4.69, 9.17) is 0 Å². The summed E-state index contributed by atoms with van der Waals surface area (Å²) in [6, 6.07) is 0.757. The zero-order valence-corrected chi connectivity index (χ0v) is 8.77. The van der Waals surface area contributed by atoms with Crippen LogP contribution < -0.4 is 5.32 Å². The molecular formula is C11H23N. The lowest BCUT2D eigenvalue weighted by molar-refractivity contribution is 0.266. The molecule has 1 heteroatoms. The zero-order valence-electron chi connectivity index (χ0n) is 8.77. The number of rotatable bonds is 3. The Morgan fingerprint density at radius 1 is 1.50 bits per heavy atom. The standard InChI is InChI=1S/C11H23N/c1-4-9(2)7-11-5-6-12-10(3)8-11/h9-12H,4-8H2,1-3H3. The topological polar surface area (TPSA) is 12.0 Å². The molecule has 0 saturated carbocycles. The van der Waals surface area contributed by atoms with Crippen molar-refractivity contribution < 1.29 is 0 Å². The minimum Gasteiger partial charge on any atom is -0.314 e. The SMILES string of the molecule is CCC(C)CC1CCNC(C)C1. The van der Waals surface area contributed by atoms with Crippen LogP contribution in [0.1, 0.15) is 46.5 Å². The maximum Gasteiger partial charge on any atom is 0.00413 e. The smallest absolute Gasteiger partial charge is 0.00413 e. The Hall–Kier alpha value is -0.0400. The third-order valence-electron chi connectivity index (χ3n) is 3.16. The number of piperidine rings is 1. The number of hydrogen-bond donors (Lipinski definition) is 1. The van der Waals surface area contributed by atoms with Gasteiger partial charge in [-0.05, 0) is 44.6 Å². The van der Waals surface area contributed by atoms with E-state index in [2.05, 4.69) is 26.1 Å². The molecule has 1 aliphatic heterocycles. The van der Waals surface area contributed by atoms with Crippen molar-refractivity contribution in [2.45, 2.75) is 52.5 Å². The highest BCUT2D eigenvalue weighted by molar-refractivity contribution is 4.76. The number of nitrogens with one attached hydrogen (secondary N) is 1. The Morgan fingerprint density at radius 3 is 2.83 bits per heavy atom. The van der Waals surface area contributed by atoms with Crippen LogP contribution in [-0.2, 0) is 0 Å². The fourth-order valence-corrected chi connectivity index (χ4v) is 2.18. The first-order valence-corrected chi connectivity index (χ1v) is 5.45. The maximum absolute atomic E-state index is 3.50. The Kier molecular flexibility index (Phi) is 4.07. The van der Waals surface area contributed by atoms with Gasteiger partial charge in [-0.25, -0.2) is 0 Å². The predicted molar refractivity (Wildman–Crippen MR) is 54.3 cm³/mol. The first-order chi connectivity index (χ1) is 5.72. The van der Waals surface area contributed by atoms with E-state index in [0.29, 0.717) is 0 Å². The summed E-state index contributed by atoms with van der Waals surface area (Å²) in [6.45, 7) is 8.23. The molecule has 0 spiro atoms. The van der Waals surface area contributed by atoms with Crippen molar-refractivity contribution in [2.24, 2.45) is 11.8 Å². The lowest BCUT2D eigenvalue weighted by Gasteiger charge is -2.29. The molecule has 3 unspecified atom stereocenters. The number of hydrogen-bond acceptors (Lipinski definition) is 1. The van der Waals surface area contributed by atoms with Crippen LogP contribution in [0.25, 0.3) is 0 Å². The van der Waals surface area contributed by atoms with Gasteiger partial charge >= 0.3 is 0 Å². The van der Waals surface area contributed by atoms with Crippen molar-refractivity contribution >= 4 is 0 Å². The van der Waals surface area contributed by atoms with Gasteiger partial charge in [0, 0.05) is 6.04 Å². The van der Waals surface area contributed by atoms with Crippen LogP contribution in [-0.4, -0.2) is 12.6 Å². The Balaban J connectivity index is 2.22. The summed E-state index contributed by atoms with van der Waals surface area (Å²) < 4.78 is 0. The molecule has 1 rings (SSSR count). The van der Waals surface area contributed by atoms with Crippen molar-refractivity contribution in [1.29, 1.82) is 0 Å². The van der Waals surface area contributed by atoms with Crippen LogP contribution in [0.2, 0.25) is 0 Å². The van der Waals surface area contributed by atoms with E-state index in [9.17, 15) is 0 Å². The van der Waals surface area contributed by atoms with Gasteiger partial charge in [0.15, 0.2) is 0 Å². The highest BCUT2D eigenvalue weighted by atomic mass is 14.9. The molecule has 72 valence electrons. The molecule has 1 fully saturated rings. The van der Waals surface area contributed by atoms with Gasteiger partial charge < -0.3 is 5.32 Å². The summed E-state index contributed by atoms with van der Waals surface area (Å²) in [5, 5.41) is 3.50. The van der Waals surface area contributed by atoms with E-state index < -0.39 is 0 Å². The van der Waals surface area contributed by atoms with Crippen molar-refractivity contribution in [3.8, 4) is 0 Å². The summed E-state index contributed by atoms with van der Waals surface area (Å²) in [5.41, 5.74) is 0. The molecule has 0 radical (unpaired) electrons. The second kappa shape index (κ2) is 4.86. The Bertz CT molecular complexity index is 122. The zero-order chi connectivity index (χ0) is 8.97. The molecule has 0 aliphatic carbocycles. The van der Waals surface area contributed by atoms with Gasteiger partial charge in [-0.1, -0.05) is 20.3 Å². The quantitative estimate of drug-likeness (QED) is 0.685. The molecular weight excluding hydrogens is 146 g/mol. The summed E-state index contributed by atoms with van der Waals surface area (Å²) in [7, 11) is 0. The van der Waals surface area contributed by atoms with E-state index in [1.54, 1.807) is 0 Å². The largest absolute Gasteiger partial charge is 0.314 e. The first kappa shape index (κ1) is 10.0. The molecule has 1 nitrogen and oxygen atoms in total. The average molecular weight is 169 g/mol. The third-order valence-corrected chi connectivity index (χ3v) is 3.16. The van der Waals surface area contributed by atoms with Crippen LogP contribution in [0, 0.1) is 11.8 Å². The summed E-state index contributed by atoms with van der Waals surface area (Å²) in [4.78, 5) is 0. The van der Waals surface area contributed by atoms with E-state index >= 15 is 0 Å². The highest BCUT2D eigenvalue weighted by Crippen LogP contribution is 2.24. The summed E-state index contributed by atoms with van der Waals surface area (Å²) in [6.07, 6.45) is 5.58. The monoisotopic (exact) mass is 169 g/mol. The van der Waals surface area contributed by atoms with Gasteiger partial charge in [-0.15, -0.1) is 0 Å². The van der Waals surface area contributed by atoms with Crippen LogP contribution in [0.15, 0.2) is 0 Å². The fraction of sp³-hybridized carbons (Fsp3) is 1.00. The summed E-state index contributed by atoms with van der Waals surface area (Å²) in [5.74, 6) is 1.93. The Morgan fingerprint density at radius 2 is 2.25 bits per heavy atom. The molecule has 1 heterocycles. The lowest BCUT2D eigenvalue weighted by atomic mass is 9.85. The van der Waals surface area contributed by atoms with Crippen LogP contribution >= 0.6 is 0 Å². The van der Waals surface area contributed by atoms with Crippen LogP contribution in [0.3, 0.4) is 0 Å². The average Bonchev–Trinajstić information content (AvgIpc) is 2.04. The van der Waals surface area contributed by atoms with E-state index in [1.807, 2.05) is 0 Å². The van der Waals surface area contributed by atoms with Gasteiger partial charge in [0.05, 0.1) is 0 Å². The van der Waals surface area contributed by atoms with Crippen molar-refractivity contribution in [3.05, 3.63) is 0 Å². The van der Waals surface area contributed by atoms with Crippen LogP contribution in [0.5, 0.6) is 0 Å². The highest BCUT2D eigenvalue weighted by Gasteiger charge is 2.19. The molecule has 0 bridgehead atoms. The molecule has 3 atom stereocenters. The van der Waals surface area contributed by atoms with Crippen molar-refractivity contribution in [1.82, 2.24) is 5.32 Å². The van der Waals surface area contributed by atoms with Crippen molar-refractivity contribution in [3.63, 3.8) is 0 Å². The molecule has 1 aliphatic rings. The van der Waals surface area contributed by atoms with Gasteiger partial charge in [0.2, 0.25) is 0 Å². The second-order valence-corrected chi connectivity index (χ2v) is 4.49. The van der Waals surface area contributed by atoms with Gasteiger partial charge in [-0.2, -0.15) is 0 Å². The molecule has 0 aromatic carbocycles. The van der Waals surface area contributed by atoms with E-state index in [-0.39, 0.29) is 0 Å². The first-order valence-electron chi connectivity index (χ1n) is 5.45. The second-order valence-electron chi connectivity index (χ2n) is 4.49. The molecule has 12 heavy (non-hydrogen) atoms. The molecule has 0 aromatic rings. The Labute approximate surface area is 76.9 Å². The van der Waals surface area contributed by atoms with Crippen LogP contribution in [0.4, 0.5) is 0 Å². The normalized spacial score (nSPS) is 33.2. The van der Waals surface area contributed by atoms with E-state index in [0.717, 1.165) is 17.9 Å². The van der Waals surface area contributed by atoms with Gasteiger partial charge in [0.25, 0.3) is 0 Å². The molecule has 1 saturated heterocycles. The molecule has 0 aromatic heterocycles. The van der Waals surface area contributed by atoms with Crippen molar-refractivity contribution in [2.75, 3.05) is 6.54 Å². The molecule has 1 N–H and O–H groups in total. The van der Waals surface area contributed by atoms with Gasteiger partial charge in [0.1, 0.15) is 0 Å². The molecule has 0 amide bonds. The summed E-state index contributed by atoms with van der Waals surface area (Å²) >= 11 is 0. The minimum absolute atomic E-state index is 0.757. The minimum atomic E-state index is 0.757. The predicted octanol–water partition coefficient (Wildman–Crippen LogP) is 2.81. The van der Waals surface area contributed by atoms with Gasteiger partial charge in [-0.3, -0.25) is 0 Å². The third kappa shape index (κ3) is 3.14. The fourth-order valence-electron chi connectivity index (χ4n) is 2.18. The maximum atomic E-state index is 3.50. The lowest BCUT2D eigenvalue weighted by Crippen LogP contribution is -2.36. The van der Waals surface area contributed by atoms with E-state index in [1.165, 1.54) is 32.2 Å².